The maximum atomic E-state index is 13.3. The molecule has 2 nitrogen and oxygen atoms in total. The Balaban J connectivity index is 1.95. The predicted molar refractivity (Wildman–Crippen MR) is 93.5 cm³/mol. The second kappa shape index (κ2) is 6.39. The number of thioether (sulfide) groups is 1. The molecular formula is C16H8ClF2NOS2. The molecule has 0 atom stereocenters. The number of hydrogen-bond acceptors (Lipinski definition) is 3. The molecule has 1 fully saturated rings. The van der Waals surface area contributed by atoms with Crippen molar-refractivity contribution in [1.82, 2.24) is 0 Å². The minimum Gasteiger partial charge on any atom is -0.268 e. The number of nitrogens with zero attached hydrogens (tertiary/aromatic N) is 1. The van der Waals surface area contributed by atoms with E-state index in [0.717, 1.165) is 11.8 Å². The Morgan fingerprint density at radius 2 is 1.96 bits per heavy atom. The van der Waals surface area contributed by atoms with Crippen molar-refractivity contribution >= 4 is 57.6 Å². The van der Waals surface area contributed by atoms with Gasteiger partial charge in [0.25, 0.3) is 5.91 Å². The molecule has 116 valence electrons. The molecule has 1 amide bonds. The zero-order chi connectivity index (χ0) is 16.6. The summed E-state index contributed by atoms with van der Waals surface area (Å²) < 4.78 is 26.8. The van der Waals surface area contributed by atoms with E-state index in [-0.39, 0.29) is 16.7 Å². The summed E-state index contributed by atoms with van der Waals surface area (Å²) in [5.41, 5.74) is 0.948. The van der Waals surface area contributed by atoms with Gasteiger partial charge in [-0.1, -0.05) is 47.7 Å². The molecule has 2 aromatic carbocycles. The maximum absolute atomic E-state index is 13.3. The zero-order valence-corrected chi connectivity index (χ0v) is 13.8. The smallest absolute Gasteiger partial charge is 0.268 e. The molecule has 0 unspecified atom stereocenters. The summed E-state index contributed by atoms with van der Waals surface area (Å²) in [6.07, 6.45) is 1.56. The fraction of sp³-hybridized carbons (Fsp3) is 0. The number of carbonyl (C=O) groups excluding carboxylic acids is 1. The van der Waals surface area contributed by atoms with Crippen molar-refractivity contribution in [2.75, 3.05) is 4.90 Å². The number of rotatable bonds is 2. The lowest BCUT2D eigenvalue weighted by Gasteiger charge is -2.14. The van der Waals surface area contributed by atoms with E-state index in [1.54, 1.807) is 18.2 Å². The Labute approximate surface area is 145 Å². The molecule has 0 aromatic heterocycles. The summed E-state index contributed by atoms with van der Waals surface area (Å²) in [4.78, 5) is 14.2. The van der Waals surface area contributed by atoms with E-state index in [4.69, 9.17) is 23.8 Å². The summed E-state index contributed by atoms with van der Waals surface area (Å²) in [5.74, 6) is -1.32. The first-order valence-electron chi connectivity index (χ1n) is 6.44. The average molecular weight is 368 g/mol. The highest BCUT2D eigenvalue weighted by atomic mass is 35.5. The molecule has 0 bridgehead atoms. The molecule has 1 aliphatic rings. The van der Waals surface area contributed by atoms with Gasteiger partial charge in [-0.15, -0.1) is 0 Å². The monoisotopic (exact) mass is 367 g/mol. The Kier molecular flexibility index (Phi) is 4.48. The molecule has 0 N–H and O–H groups in total. The fourth-order valence-electron chi connectivity index (χ4n) is 2.06. The fourth-order valence-corrected chi connectivity index (χ4v) is 3.54. The molecule has 23 heavy (non-hydrogen) atoms. The first-order chi connectivity index (χ1) is 11.0. The molecule has 3 rings (SSSR count). The summed E-state index contributed by atoms with van der Waals surface area (Å²) in [5, 5.41) is -0.0920. The number of halogens is 3. The van der Waals surface area contributed by atoms with Gasteiger partial charge in [-0.3, -0.25) is 9.69 Å². The third kappa shape index (κ3) is 3.29. The van der Waals surface area contributed by atoms with Crippen LogP contribution in [0, 0.1) is 11.6 Å². The van der Waals surface area contributed by atoms with Crippen LogP contribution < -0.4 is 4.90 Å². The van der Waals surface area contributed by atoms with Crippen molar-refractivity contribution in [2.45, 2.75) is 0 Å². The van der Waals surface area contributed by atoms with Gasteiger partial charge >= 0.3 is 0 Å². The number of amides is 1. The van der Waals surface area contributed by atoms with Crippen LogP contribution in [0.4, 0.5) is 14.5 Å². The Morgan fingerprint density at radius 1 is 1.17 bits per heavy atom. The van der Waals surface area contributed by atoms with Gasteiger partial charge in [-0.25, -0.2) is 8.78 Å². The minimum absolute atomic E-state index is 0.0920. The second-order valence-corrected chi connectivity index (χ2v) is 6.75. The lowest BCUT2D eigenvalue weighted by Crippen LogP contribution is -2.27. The van der Waals surface area contributed by atoms with Crippen LogP contribution in [-0.2, 0) is 4.79 Å². The number of thiocarbonyl (C=S) groups is 1. The number of anilines is 1. The van der Waals surface area contributed by atoms with Crippen molar-refractivity contribution in [1.29, 1.82) is 0 Å². The molecule has 0 spiro atoms. The molecule has 1 heterocycles. The van der Waals surface area contributed by atoms with Crippen LogP contribution in [-0.4, -0.2) is 10.2 Å². The van der Waals surface area contributed by atoms with Crippen molar-refractivity contribution < 1.29 is 13.6 Å². The highest BCUT2D eigenvalue weighted by Crippen LogP contribution is 2.37. The number of carbonyl (C=O) groups is 1. The van der Waals surface area contributed by atoms with E-state index in [0.29, 0.717) is 20.5 Å². The highest BCUT2D eigenvalue weighted by molar-refractivity contribution is 8.27. The van der Waals surface area contributed by atoms with Gasteiger partial charge < -0.3 is 0 Å². The maximum Gasteiger partial charge on any atom is 0.270 e. The van der Waals surface area contributed by atoms with Gasteiger partial charge in [-0.05, 0) is 42.0 Å². The molecule has 2 aromatic rings. The topological polar surface area (TPSA) is 20.3 Å². The zero-order valence-electron chi connectivity index (χ0n) is 11.4. The average Bonchev–Trinajstić information content (AvgIpc) is 2.77. The second-order valence-electron chi connectivity index (χ2n) is 4.67. The van der Waals surface area contributed by atoms with Crippen LogP contribution in [0.15, 0.2) is 47.4 Å². The standard InChI is InChI=1S/C16H8ClF2NOS2/c17-12-8-11(4-5-13(12)19)20-15(21)14(23-16(20)22)7-9-2-1-3-10(18)6-9/h1-8H/b14-7-. The third-order valence-electron chi connectivity index (χ3n) is 3.10. The van der Waals surface area contributed by atoms with Crippen molar-refractivity contribution in [2.24, 2.45) is 0 Å². The van der Waals surface area contributed by atoms with E-state index in [9.17, 15) is 13.6 Å². The van der Waals surface area contributed by atoms with Crippen molar-refractivity contribution in [3.63, 3.8) is 0 Å². The van der Waals surface area contributed by atoms with E-state index in [1.807, 2.05) is 0 Å². The predicted octanol–water partition coefficient (Wildman–Crippen LogP) is 5.02. The van der Waals surface area contributed by atoms with Crippen LogP contribution >= 0.6 is 35.6 Å². The lowest BCUT2D eigenvalue weighted by atomic mass is 10.2. The van der Waals surface area contributed by atoms with Gasteiger partial charge in [0, 0.05) is 0 Å². The van der Waals surface area contributed by atoms with Crippen LogP contribution in [0.2, 0.25) is 5.02 Å². The molecule has 1 aliphatic heterocycles. The molecule has 0 radical (unpaired) electrons. The summed E-state index contributed by atoms with van der Waals surface area (Å²) in [6.45, 7) is 0. The molecule has 1 saturated heterocycles. The SMILES string of the molecule is O=C1/C(=C/c2cccc(F)c2)SC(=S)N1c1ccc(F)c(Cl)c1. The van der Waals surface area contributed by atoms with Crippen LogP contribution in [0.5, 0.6) is 0 Å². The normalized spacial score (nSPS) is 16.5. The highest BCUT2D eigenvalue weighted by Gasteiger charge is 2.33. The largest absolute Gasteiger partial charge is 0.270 e. The first-order valence-corrected chi connectivity index (χ1v) is 8.04. The van der Waals surface area contributed by atoms with Gasteiger partial charge in [0.15, 0.2) is 4.32 Å². The van der Waals surface area contributed by atoms with Crippen molar-refractivity contribution in [3.8, 4) is 0 Å². The van der Waals surface area contributed by atoms with Gasteiger partial charge in [-0.2, -0.15) is 0 Å². The molecule has 7 heteroatoms. The van der Waals surface area contributed by atoms with Gasteiger partial charge in [0.2, 0.25) is 0 Å². The molecule has 0 aliphatic carbocycles. The van der Waals surface area contributed by atoms with Gasteiger partial charge in [0.1, 0.15) is 11.6 Å². The summed E-state index contributed by atoms with van der Waals surface area (Å²) in [6, 6.07) is 9.83. The molecular weight excluding hydrogens is 360 g/mol. The summed E-state index contributed by atoms with van der Waals surface area (Å²) in [7, 11) is 0. The van der Waals surface area contributed by atoms with Gasteiger partial charge in [0.05, 0.1) is 15.6 Å². The first kappa shape index (κ1) is 16.1. The Hall–Kier alpha value is -1.76. The van der Waals surface area contributed by atoms with E-state index < -0.39 is 5.82 Å². The van der Waals surface area contributed by atoms with Crippen molar-refractivity contribution in [3.05, 3.63) is 69.6 Å². The summed E-state index contributed by atoms with van der Waals surface area (Å²) >= 11 is 12.1. The van der Waals surface area contributed by atoms with E-state index in [2.05, 4.69) is 0 Å². The lowest BCUT2D eigenvalue weighted by molar-refractivity contribution is -0.113. The van der Waals surface area contributed by atoms with Crippen LogP contribution in [0.1, 0.15) is 5.56 Å². The number of benzene rings is 2. The quantitative estimate of drug-likeness (QED) is 0.549. The Bertz CT molecular complexity index is 854. The Morgan fingerprint density at radius 3 is 2.65 bits per heavy atom. The minimum atomic E-state index is -0.573. The van der Waals surface area contributed by atoms with Crippen LogP contribution in [0.3, 0.4) is 0 Å². The van der Waals surface area contributed by atoms with E-state index in [1.165, 1.54) is 35.2 Å². The van der Waals surface area contributed by atoms with Crippen LogP contribution in [0.25, 0.3) is 6.08 Å². The number of hydrogen-bond donors (Lipinski definition) is 0. The third-order valence-corrected chi connectivity index (χ3v) is 4.69. The molecule has 0 saturated carbocycles. The van der Waals surface area contributed by atoms with E-state index >= 15 is 0 Å².